The van der Waals surface area contributed by atoms with Crippen LogP contribution in [0.4, 0.5) is 5.69 Å². The van der Waals surface area contributed by atoms with Gasteiger partial charge in [-0.25, -0.2) is 0 Å². The molecule has 0 aliphatic rings. The van der Waals surface area contributed by atoms with Crippen molar-refractivity contribution in [2.24, 2.45) is 5.92 Å². The largest absolute Gasteiger partial charge is 0.326 e. The van der Waals surface area contributed by atoms with E-state index in [1.807, 2.05) is 12.1 Å². The smallest absolute Gasteiger partial charge is 0.227 e. The van der Waals surface area contributed by atoms with Crippen LogP contribution in [-0.4, -0.2) is 11.8 Å². The molecule has 0 saturated heterocycles. The van der Waals surface area contributed by atoms with E-state index in [-0.39, 0.29) is 11.8 Å². The molecule has 0 radical (unpaired) electrons. The number of hydrogen-bond acceptors (Lipinski definition) is 1. The average molecular weight is 296 g/mol. The van der Waals surface area contributed by atoms with E-state index in [0.717, 1.165) is 44.2 Å². The Bertz CT molecular complexity index is 400. The van der Waals surface area contributed by atoms with E-state index in [2.05, 4.69) is 31.3 Å². The lowest BCUT2D eigenvalue weighted by Gasteiger charge is -2.15. The first kappa shape index (κ1) is 17.0. The van der Waals surface area contributed by atoms with Crippen LogP contribution in [0.2, 0.25) is 0 Å². The summed E-state index contributed by atoms with van der Waals surface area (Å²) >= 11 is 5.72. The number of carbonyl (C=O) groups is 1. The van der Waals surface area contributed by atoms with Crippen LogP contribution in [0.3, 0.4) is 0 Å². The van der Waals surface area contributed by atoms with Crippen LogP contribution in [0.25, 0.3) is 0 Å². The fourth-order valence-corrected chi connectivity index (χ4v) is 2.56. The highest BCUT2D eigenvalue weighted by molar-refractivity contribution is 6.17. The number of nitrogens with one attached hydrogen (secondary N) is 1. The van der Waals surface area contributed by atoms with Crippen LogP contribution in [0.15, 0.2) is 24.3 Å². The van der Waals surface area contributed by atoms with Crippen LogP contribution in [0.1, 0.15) is 51.5 Å². The molecule has 0 aliphatic carbocycles. The summed E-state index contributed by atoms with van der Waals surface area (Å²) in [6.45, 7) is 4.26. The molecule has 20 heavy (non-hydrogen) atoms. The van der Waals surface area contributed by atoms with Gasteiger partial charge in [-0.15, -0.1) is 11.6 Å². The van der Waals surface area contributed by atoms with Gasteiger partial charge in [0, 0.05) is 17.5 Å². The first-order valence-electron chi connectivity index (χ1n) is 7.67. The maximum atomic E-state index is 12.3. The van der Waals surface area contributed by atoms with Crippen molar-refractivity contribution in [2.45, 2.75) is 52.4 Å². The molecule has 1 amide bonds. The quantitative estimate of drug-likeness (QED) is 0.637. The first-order chi connectivity index (χ1) is 9.71. The zero-order valence-electron chi connectivity index (χ0n) is 12.6. The fraction of sp³-hybridized carbons (Fsp3) is 0.588. The van der Waals surface area contributed by atoms with Crippen molar-refractivity contribution in [3.05, 3.63) is 29.8 Å². The third kappa shape index (κ3) is 5.96. The number of anilines is 1. The summed E-state index contributed by atoms with van der Waals surface area (Å²) in [6, 6.07) is 8.09. The molecule has 0 saturated carbocycles. The Kier molecular flexibility index (Phi) is 8.36. The Hall–Kier alpha value is -1.02. The van der Waals surface area contributed by atoms with E-state index < -0.39 is 0 Å². The molecule has 112 valence electrons. The molecule has 3 heteroatoms. The summed E-state index contributed by atoms with van der Waals surface area (Å²) in [5.74, 6) is 0.964. The monoisotopic (exact) mass is 295 g/mol. The highest BCUT2D eigenvalue weighted by atomic mass is 35.5. The van der Waals surface area contributed by atoms with Crippen molar-refractivity contribution in [1.29, 1.82) is 0 Å². The van der Waals surface area contributed by atoms with Crippen molar-refractivity contribution in [3.8, 4) is 0 Å². The van der Waals surface area contributed by atoms with Gasteiger partial charge in [-0.3, -0.25) is 4.79 Å². The maximum absolute atomic E-state index is 12.3. The molecule has 1 N–H and O–H groups in total. The normalized spacial score (nSPS) is 10.8. The van der Waals surface area contributed by atoms with Gasteiger partial charge in [0.1, 0.15) is 0 Å². The summed E-state index contributed by atoms with van der Waals surface area (Å²) in [6.07, 6.45) is 5.95. The lowest BCUT2D eigenvalue weighted by atomic mass is 9.97. The second-order valence-corrected chi connectivity index (χ2v) is 5.63. The van der Waals surface area contributed by atoms with Crippen molar-refractivity contribution in [1.82, 2.24) is 0 Å². The molecule has 1 aromatic rings. The molecule has 0 spiro atoms. The molecule has 0 aliphatic heterocycles. The van der Waals surface area contributed by atoms with Crippen molar-refractivity contribution in [2.75, 3.05) is 11.2 Å². The van der Waals surface area contributed by atoms with E-state index in [0.29, 0.717) is 5.88 Å². The van der Waals surface area contributed by atoms with Gasteiger partial charge in [-0.05, 0) is 43.4 Å². The number of alkyl halides is 1. The number of rotatable bonds is 9. The summed E-state index contributed by atoms with van der Waals surface area (Å²) in [5, 5.41) is 3.06. The Morgan fingerprint density at radius 2 is 1.95 bits per heavy atom. The summed E-state index contributed by atoms with van der Waals surface area (Å²) < 4.78 is 0. The zero-order chi connectivity index (χ0) is 14.8. The molecule has 1 aromatic carbocycles. The molecular weight excluding hydrogens is 270 g/mol. The predicted octanol–water partition coefficient (Wildman–Crippen LogP) is 5.01. The number of amides is 1. The van der Waals surface area contributed by atoms with Gasteiger partial charge in [0.05, 0.1) is 0 Å². The maximum Gasteiger partial charge on any atom is 0.227 e. The zero-order valence-corrected chi connectivity index (χ0v) is 13.4. The van der Waals surface area contributed by atoms with E-state index >= 15 is 0 Å². The molecule has 1 rings (SSSR count). The SMILES string of the molecule is CCCC(CCC)C(=O)Nc1cccc(CCCCl)c1. The van der Waals surface area contributed by atoms with Crippen molar-refractivity contribution in [3.63, 3.8) is 0 Å². The van der Waals surface area contributed by atoms with Gasteiger partial charge >= 0.3 is 0 Å². The minimum Gasteiger partial charge on any atom is -0.326 e. The number of hydrogen-bond donors (Lipinski definition) is 1. The van der Waals surface area contributed by atoms with Crippen LogP contribution < -0.4 is 5.32 Å². The second-order valence-electron chi connectivity index (χ2n) is 5.26. The number of benzene rings is 1. The molecule has 2 nitrogen and oxygen atoms in total. The van der Waals surface area contributed by atoms with Crippen molar-refractivity contribution >= 4 is 23.2 Å². The van der Waals surface area contributed by atoms with Crippen LogP contribution >= 0.6 is 11.6 Å². The van der Waals surface area contributed by atoms with Gasteiger partial charge in [0.15, 0.2) is 0 Å². The molecular formula is C17H26ClNO. The summed E-state index contributed by atoms with van der Waals surface area (Å²) in [7, 11) is 0. The molecule has 0 bridgehead atoms. The predicted molar refractivity (Wildman–Crippen MR) is 87.4 cm³/mol. The third-order valence-corrected chi connectivity index (χ3v) is 3.71. The highest BCUT2D eigenvalue weighted by Crippen LogP contribution is 2.18. The van der Waals surface area contributed by atoms with Gasteiger partial charge in [-0.2, -0.15) is 0 Å². The van der Waals surface area contributed by atoms with Crippen molar-refractivity contribution < 1.29 is 4.79 Å². The molecule has 0 fully saturated rings. The Morgan fingerprint density at radius 3 is 2.55 bits per heavy atom. The first-order valence-corrected chi connectivity index (χ1v) is 8.20. The fourth-order valence-electron chi connectivity index (χ4n) is 2.42. The van der Waals surface area contributed by atoms with Gasteiger partial charge < -0.3 is 5.32 Å². The lowest BCUT2D eigenvalue weighted by Crippen LogP contribution is -2.22. The number of aryl methyl sites for hydroxylation is 1. The number of halogens is 1. The van der Waals surface area contributed by atoms with Gasteiger partial charge in [-0.1, -0.05) is 38.8 Å². The second kappa shape index (κ2) is 9.82. The van der Waals surface area contributed by atoms with Crippen LogP contribution in [-0.2, 0) is 11.2 Å². The molecule has 0 unspecified atom stereocenters. The van der Waals surface area contributed by atoms with Crippen LogP contribution in [0.5, 0.6) is 0 Å². The Labute approximate surface area is 127 Å². The molecule has 0 aromatic heterocycles. The summed E-state index contributed by atoms with van der Waals surface area (Å²) in [5.41, 5.74) is 2.13. The minimum atomic E-state index is 0.136. The summed E-state index contributed by atoms with van der Waals surface area (Å²) in [4.78, 5) is 12.3. The Balaban J connectivity index is 2.63. The highest BCUT2D eigenvalue weighted by Gasteiger charge is 2.16. The van der Waals surface area contributed by atoms with E-state index in [9.17, 15) is 4.79 Å². The topological polar surface area (TPSA) is 29.1 Å². The van der Waals surface area contributed by atoms with Crippen LogP contribution in [0, 0.1) is 5.92 Å². The van der Waals surface area contributed by atoms with Gasteiger partial charge in [0.2, 0.25) is 5.91 Å². The Morgan fingerprint density at radius 1 is 1.25 bits per heavy atom. The third-order valence-electron chi connectivity index (χ3n) is 3.44. The molecule has 0 atom stereocenters. The average Bonchev–Trinajstić information content (AvgIpc) is 2.45. The van der Waals surface area contributed by atoms with Gasteiger partial charge in [0.25, 0.3) is 0 Å². The standard InChI is InChI=1S/C17H26ClNO/c1-3-7-15(8-4-2)17(20)19-16-11-5-9-14(13-16)10-6-12-18/h5,9,11,13,15H,3-4,6-8,10,12H2,1-2H3,(H,19,20). The minimum absolute atomic E-state index is 0.136. The number of carbonyl (C=O) groups excluding carboxylic acids is 1. The lowest BCUT2D eigenvalue weighted by molar-refractivity contribution is -0.120. The van der Waals surface area contributed by atoms with E-state index in [4.69, 9.17) is 11.6 Å². The van der Waals surface area contributed by atoms with E-state index in [1.54, 1.807) is 0 Å². The molecule has 0 heterocycles. The van der Waals surface area contributed by atoms with E-state index in [1.165, 1.54) is 5.56 Å².